The minimum Gasteiger partial charge on any atom is -0.343 e. The van der Waals surface area contributed by atoms with Gasteiger partial charge in [-0.2, -0.15) is 0 Å². The number of piperidine rings is 1. The first-order chi connectivity index (χ1) is 15.1. The van der Waals surface area contributed by atoms with E-state index in [4.69, 9.17) is 0 Å². The molecular weight excluding hydrogens is 392 g/mol. The third kappa shape index (κ3) is 4.01. The molecule has 0 aromatic carbocycles. The van der Waals surface area contributed by atoms with Crippen LogP contribution in [0.1, 0.15) is 43.7 Å². The van der Waals surface area contributed by atoms with Gasteiger partial charge in [0.25, 0.3) is 5.56 Å². The molecule has 0 saturated carbocycles. The first-order valence-electron chi connectivity index (χ1n) is 11.3. The first-order valence-corrected chi connectivity index (χ1v) is 11.3. The van der Waals surface area contributed by atoms with Gasteiger partial charge in [0.15, 0.2) is 0 Å². The van der Waals surface area contributed by atoms with E-state index >= 15 is 0 Å². The van der Waals surface area contributed by atoms with Crippen LogP contribution in [0.5, 0.6) is 0 Å². The van der Waals surface area contributed by atoms with E-state index in [0.29, 0.717) is 44.9 Å². The summed E-state index contributed by atoms with van der Waals surface area (Å²) in [4.78, 5) is 45.5. The van der Waals surface area contributed by atoms with Gasteiger partial charge in [-0.3, -0.25) is 19.4 Å². The molecule has 3 aliphatic heterocycles. The van der Waals surface area contributed by atoms with Crippen molar-refractivity contribution >= 4 is 11.8 Å². The minimum atomic E-state index is 0.0288. The maximum atomic E-state index is 12.9. The lowest BCUT2D eigenvalue weighted by atomic mass is 9.82. The maximum Gasteiger partial charge on any atom is 0.251 e. The van der Waals surface area contributed by atoms with E-state index in [1.807, 2.05) is 26.5 Å². The van der Waals surface area contributed by atoms with Gasteiger partial charge >= 0.3 is 0 Å². The Hall–Kier alpha value is -2.96. The number of aromatic nitrogens is 2. The van der Waals surface area contributed by atoms with Crippen molar-refractivity contribution in [2.45, 2.75) is 44.6 Å². The lowest BCUT2D eigenvalue weighted by molar-refractivity contribution is -0.134. The van der Waals surface area contributed by atoms with E-state index in [1.54, 1.807) is 18.5 Å². The fraction of sp³-hybridized carbons (Fsp3) is 0.500. The van der Waals surface area contributed by atoms with Gasteiger partial charge in [-0.25, -0.2) is 0 Å². The summed E-state index contributed by atoms with van der Waals surface area (Å²) in [5.41, 5.74) is 2.88. The molecule has 5 rings (SSSR count). The van der Waals surface area contributed by atoms with Crippen LogP contribution in [-0.2, 0) is 16.1 Å². The van der Waals surface area contributed by atoms with Gasteiger partial charge in [-0.05, 0) is 42.9 Å². The number of amides is 2. The van der Waals surface area contributed by atoms with Crippen LogP contribution in [0.4, 0.5) is 0 Å². The standard InChI is InChI=1S/C24H28N4O3/c29-22-5-2-8-26(22)9-3-6-23(30)27-14-17-10-20(16-27)21-11-19(12-24(31)28(21)15-17)18-4-1-7-25-13-18/h1,4,7,11-13,17,20H,2-3,5-6,8-10,14-16H2/t17-,20+/m0/s1. The molecule has 3 aliphatic rings. The third-order valence-electron chi connectivity index (χ3n) is 6.89. The van der Waals surface area contributed by atoms with E-state index in [2.05, 4.69) is 11.1 Å². The Morgan fingerprint density at radius 2 is 2.03 bits per heavy atom. The minimum absolute atomic E-state index is 0.0288. The predicted molar refractivity (Wildman–Crippen MR) is 116 cm³/mol. The van der Waals surface area contributed by atoms with E-state index < -0.39 is 0 Å². The number of nitrogens with zero attached hydrogens (tertiary/aromatic N) is 4. The molecule has 5 heterocycles. The first kappa shape index (κ1) is 20.0. The normalized spacial score (nSPS) is 22.5. The number of fused-ring (bicyclic) bond motifs is 4. The molecule has 2 fully saturated rings. The van der Waals surface area contributed by atoms with Gasteiger partial charge in [-0.15, -0.1) is 0 Å². The molecule has 2 aromatic heterocycles. The summed E-state index contributed by atoms with van der Waals surface area (Å²) in [6, 6.07) is 7.64. The number of likely N-dealkylation sites (tertiary alicyclic amines) is 2. The van der Waals surface area contributed by atoms with Crippen molar-refractivity contribution in [2.75, 3.05) is 26.2 Å². The van der Waals surface area contributed by atoms with Crippen molar-refractivity contribution in [2.24, 2.45) is 5.92 Å². The van der Waals surface area contributed by atoms with Crippen LogP contribution >= 0.6 is 0 Å². The summed E-state index contributed by atoms with van der Waals surface area (Å²) in [7, 11) is 0. The molecule has 0 N–H and O–H groups in total. The highest BCUT2D eigenvalue weighted by atomic mass is 16.2. The molecule has 2 atom stereocenters. The van der Waals surface area contributed by atoms with Crippen LogP contribution in [0.3, 0.4) is 0 Å². The summed E-state index contributed by atoms with van der Waals surface area (Å²) in [6.45, 7) is 3.55. The molecule has 0 unspecified atom stereocenters. The SMILES string of the molecule is O=C1CCCN1CCCC(=O)N1C[C@@H]2C[C@H](C1)c1cc(-c3cccnc3)cc(=O)n1C2. The zero-order valence-electron chi connectivity index (χ0n) is 17.7. The van der Waals surface area contributed by atoms with Crippen LogP contribution in [0.15, 0.2) is 41.5 Å². The Bertz CT molecular complexity index is 1050. The number of hydrogen-bond acceptors (Lipinski definition) is 4. The third-order valence-corrected chi connectivity index (χ3v) is 6.89. The van der Waals surface area contributed by atoms with E-state index in [1.165, 1.54) is 0 Å². The summed E-state index contributed by atoms with van der Waals surface area (Å²) < 4.78 is 1.90. The topological polar surface area (TPSA) is 75.5 Å². The van der Waals surface area contributed by atoms with Gasteiger partial charge in [0.1, 0.15) is 0 Å². The second kappa shape index (κ2) is 8.29. The van der Waals surface area contributed by atoms with Crippen LogP contribution in [-0.4, -0.2) is 57.3 Å². The lowest BCUT2D eigenvalue weighted by Crippen LogP contribution is -2.49. The number of hydrogen-bond donors (Lipinski definition) is 0. The van der Waals surface area contributed by atoms with Crippen LogP contribution in [0.2, 0.25) is 0 Å². The molecule has 2 saturated heterocycles. The highest BCUT2D eigenvalue weighted by molar-refractivity contribution is 5.78. The molecule has 2 aromatic rings. The van der Waals surface area contributed by atoms with Crippen molar-refractivity contribution in [1.82, 2.24) is 19.4 Å². The Balaban J connectivity index is 1.29. The summed E-state index contributed by atoms with van der Waals surface area (Å²) in [6.07, 6.45) is 7.29. The Morgan fingerprint density at radius 3 is 2.81 bits per heavy atom. The highest BCUT2D eigenvalue weighted by Crippen LogP contribution is 2.36. The molecule has 7 heteroatoms. The van der Waals surface area contributed by atoms with Crippen molar-refractivity contribution < 1.29 is 9.59 Å². The van der Waals surface area contributed by atoms with Crippen molar-refractivity contribution in [3.63, 3.8) is 0 Å². The van der Waals surface area contributed by atoms with Gasteiger partial charge in [0.2, 0.25) is 11.8 Å². The fourth-order valence-corrected chi connectivity index (χ4v) is 5.38. The average molecular weight is 421 g/mol. The second-order valence-corrected chi connectivity index (χ2v) is 9.04. The Kier molecular flexibility index (Phi) is 5.34. The van der Waals surface area contributed by atoms with Gasteiger partial charge in [-0.1, -0.05) is 6.07 Å². The van der Waals surface area contributed by atoms with E-state index in [9.17, 15) is 14.4 Å². The zero-order valence-corrected chi connectivity index (χ0v) is 17.7. The predicted octanol–water partition coefficient (Wildman–Crippen LogP) is 2.26. The molecule has 0 spiro atoms. The van der Waals surface area contributed by atoms with Crippen molar-refractivity contribution in [3.05, 3.63) is 52.7 Å². The van der Waals surface area contributed by atoms with Gasteiger partial charge < -0.3 is 14.4 Å². The zero-order chi connectivity index (χ0) is 21.4. The molecule has 0 radical (unpaired) electrons. The summed E-state index contributed by atoms with van der Waals surface area (Å²) in [5.74, 6) is 0.880. The fourth-order valence-electron chi connectivity index (χ4n) is 5.38. The van der Waals surface area contributed by atoms with Gasteiger partial charge in [0, 0.05) is 81.2 Å². The van der Waals surface area contributed by atoms with Crippen LogP contribution < -0.4 is 5.56 Å². The number of carbonyl (C=O) groups is 2. The molecule has 2 bridgehead atoms. The summed E-state index contributed by atoms with van der Waals surface area (Å²) in [5, 5.41) is 0. The van der Waals surface area contributed by atoms with Gasteiger partial charge in [0.05, 0.1) is 0 Å². The van der Waals surface area contributed by atoms with Crippen LogP contribution in [0.25, 0.3) is 11.1 Å². The lowest BCUT2D eigenvalue weighted by Gasteiger charge is -2.43. The average Bonchev–Trinajstić information content (AvgIpc) is 3.19. The van der Waals surface area contributed by atoms with E-state index in [0.717, 1.165) is 42.6 Å². The summed E-state index contributed by atoms with van der Waals surface area (Å²) >= 11 is 0. The molecular formula is C24H28N4O3. The Labute approximate surface area is 181 Å². The van der Waals surface area contributed by atoms with E-state index in [-0.39, 0.29) is 23.3 Å². The molecule has 2 amide bonds. The quantitative estimate of drug-likeness (QED) is 0.744. The van der Waals surface area contributed by atoms with Crippen molar-refractivity contribution in [3.8, 4) is 11.1 Å². The smallest absolute Gasteiger partial charge is 0.251 e. The van der Waals surface area contributed by atoms with Crippen LogP contribution in [0, 0.1) is 5.92 Å². The molecule has 31 heavy (non-hydrogen) atoms. The van der Waals surface area contributed by atoms with Crippen molar-refractivity contribution in [1.29, 1.82) is 0 Å². The second-order valence-electron chi connectivity index (χ2n) is 9.04. The molecule has 162 valence electrons. The largest absolute Gasteiger partial charge is 0.343 e. The molecule has 0 aliphatic carbocycles. The number of pyridine rings is 2. The number of rotatable bonds is 5. The highest BCUT2D eigenvalue weighted by Gasteiger charge is 2.36. The molecule has 7 nitrogen and oxygen atoms in total. The Morgan fingerprint density at radius 1 is 1.13 bits per heavy atom. The maximum absolute atomic E-state index is 12.9. The monoisotopic (exact) mass is 420 g/mol. The number of carbonyl (C=O) groups excluding carboxylic acids is 2.